The molecule has 0 radical (unpaired) electrons. The number of nitrogens with one attached hydrogen (secondary N) is 1. The summed E-state index contributed by atoms with van der Waals surface area (Å²) in [5.41, 5.74) is 0. The number of carboxylic acid groups (broad SMARTS) is 1. The second kappa shape index (κ2) is 6.55. The van der Waals surface area contributed by atoms with Gasteiger partial charge in [0.25, 0.3) is 0 Å². The predicted octanol–water partition coefficient (Wildman–Crippen LogP) is -0.484. The molecule has 10 heavy (non-hydrogen) atoms. The summed E-state index contributed by atoms with van der Waals surface area (Å²) in [6.07, 6.45) is 2.95. The Morgan fingerprint density at radius 3 is 2.60 bits per heavy atom. The molecule has 0 aromatic carbocycles. The first-order valence-corrected chi connectivity index (χ1v) is 3.62. The van der Waals surface area contributed by atoms with Crippen LogP contribution in [0.1, 0.15) is 25.7 Å². The molecule has 0 saturated carbocycles. The highest BCUT2D eigenvalue weighted by Gasteiger charge is 1.87. The quantitative estimate of drug-likeness (QED) is 0.512. The Balaban J connectivity index is 2.84. The minimum atomic E-state index is -0.940. The van der Waals surface area contributed by atoms with E-state index < -0.39 is 5.97 Å². The highest BCUT2D eigenvalue weighted by molar-refractivity contribution is 5.63. The van der Waals surface area contributed by atoms with Crippen molar-refractivity contribution in [2.45, 2.75) is 25.7 Å². The number of rotatable bonds is 6. The van der Waals surface area contributed by atoms with Gasteiger partial charge in [0, 0.05) is 5.97 Å². The standard InChI is InChI=1S/C7H15NO2/c1-8-6-4-2-3-5-7(9)10/h8H,2-6H2,1H3,(H,9,10)/p-1. The van der Waals surface area contributed by atoms with Crippen LogP contribution in [0.5, 0.6) is 0 Å². The predicted molar refractivity (Wildman–Crippen MR) is 37.4 cm³/mol. The molecule has 0 saturated heterocycles. The number of hydrogen-bond donors (Lipinski definition) is 1. The van der Waals surface area contributed by atoms with Gasteiger partial charge in [-0.05, 0) is 32.9 Å². The van der Waals surface area contributed by atoms with Gasteiger partial charge in [0.2, 0.25) is 0 Å². The van der Waals surface area contributed by atoms with E-state index in [4.69, 9.17) is 0 Å². The van der Waals surface area contributed by atoms with Crippen molar-refractivity contribution in [3.05, 3.63) is 0 Å². The first kappa shape index (κ1) is 9.43. The molecule has 60 valence electrons. The summed E-state index contributed by atoms with van der Waals surface area (Å²) in [5, 5.41) is 12.9. The summed E-state index contributed by atoms with van der Waals surface area (Å²) in [6, 6.07) is 0. The van der Waals surface area contributed by atoms with Crippen LogP contribution in [-0.4, -0.2) is 19.6 Å². The summed E-state index contributed by atoms with van der Waals surface area (Å²) >= 11 is 0. The number of aliphatic carboxylic acids is 1. The molecule has 3 nitrogen and oxygen atoms in total. The van der Waals surface area contributed by atoms with Gasteiger partial charge in [0.05, 0.1) is 0 Å². The van der Waals surface area contributed by atoms with Gasteiger partial charge in [0.15, 0.2) is 0 Å². The van der Waals surface area contributed by atoms with Crippen molar-refractivity contribution >= 4 is 5.97 Å². The third-order valence-electron chi connectivity index (χ3n) is 1.31. The summed E-state index contributed by atoms with van der Waals surface area (Å²) < 4.78 is 0. The average Bonchev–Trinajstić information content (AvgIpc) is 1.87. The van der Waals surface area contributed by atoms with E-state index >= 15 is 0 Å². The van der Waals surface area contributed by atoms with Crippen molar-refractivity contribution in [1.29, 1.82) is 0 Å². The van der Waals surface area contributed by atoms with E-state index in [-0.39, 0.29) is 6.42 Å². The molecular weight excluding hydrogens is 130 g/mol. The Morgan fingerprint density at radius 2 is 2.10 bits per heavy atom. The highest BCUT2D eigenvalue weighted by atomic mass is 16.4. The lowest BCUT2D eigenvalue weighted by Crippen LogP contribution is -2.21. The van der Waals surface area contributed by atoms with E-state index in [0.717, 1.165) is 25.8 Å². The number of unbranched alkanes of at least 4 members (excludes halogenated alkanes) is 2. The lowest BCUT2D eigenvalue weighted by molar-refractivity contribution is -0.305. The fourth-order valence-electron chi connectivity index (χ4n) is 0.748. The molecule has 0 aromatic heterocycles. The van der Waals surface area contributed by atoms with Gasteiger partial charge in [-0.2, -0.15) is 0 Å². The average molecular weight is 144 g/mol. The largest absolute Gasteiger partial charge is 0.550 e. The molecule has 0 atom stereocenters. The van der Waals surface area contributed by atoms with E-state index in [1.165, 1.54) is 0 Å². The van der Waals surface area contributed by atoms with Gasteiger partial charge in [-0.15, -0.1) is 0 Å². The fraction of sp³-hybridized carbons (Fsp3) is 0.857. The highest BCUT2D eigenvalue weighted by Crippen LogP contribution is 1.96. The van der Waals surface area contributed by atoms with Crippen molar-refractivity contribution in [3.63, 3.8) is 0 Å². The monoisotopic (exact) mass is 144 g/mol. The van der Waals surface area contributed by atoms with Gasteiger partial charge in [-0.3, -0.25) is 0 Å². The maximum atomic E-state index is 9.91. The Bertz CT molecular complexity index is 93.6. The normalized spacial score (nSPS) is 9.70. The smallest absolute Gasteiger partial charge is 0.0414 e. The Morgan fingerprint density at radius 1 is 1.40 bits per heavy atom. The summed E-state index contributed by atoms with van der Waals surface area (Å²) in [4.78, 5) is 9.91. The maximum absolute atomic E-state index is 9.91. The molecule has 0 heterocycles. The van der Waals surface area contributed by atoms with E-state index in [1.54, 1.807) is 0 Å². The van der Waals surface area contributed by atoms with E-state index in [0.29, 0.717) is 0 Å². The molecule has 0 amide bonds. The van der Waals surface area contributed by atoms with Crippen molar-refractivity contribution in [2.75, 3.05) is 13.6 Å². The molecule has 0 rings (SSSR count). The lowest BCUT2D eigenvalue weighted by Gasteiger charge is -2.00. The molecule has 0 fully saturated rings. The molecule has 0 unspecified atom stereocenters. The molecule has 0 bridgehead atoms. The van der Waals surface area contributed by atoms with Gasteiger partial charge in [-0.1, -0.05) is 6.42 Å². The minimum Gasteiger partial charge on any atom is -0.550 e. The molecule has 0 aromatic rings. The first-order chi connectivity index (χ1) is 4.77. The van der Waals surface area contributed by atoms with Gasteiger partial charge >= 0.3 is 0 Å². The minimum absolute atomic E-state index is 0.198. The lowest BCUT2D eigenvalue weighted by atomic mass is 10.2. The van der Waals surface area contributed by atoms with E-state index in [2.05, 4.69) is 5.32 Å². The van der Waals surface area contributed by atoms with Crippen LogP contribution in [0, 0.1) is 0 Å². The van der Waals surface area contributed by atoms with Crippen LogP contribution in [0.4, 0.5) is 0 Å². The van der Waals surface area contributed by atoms with Gasteiger partial charge in [-0.25, -0.2) is 0 Å². The second-order valence-corrected chi connectivity index (χ2v) is 2.29. The van der Waals surface area contributed by atoms with Gasteiger partial charge < -0.3 is 15.2 Å². The summed E-state index contributed by atoms with van der Waals surface area (Å²) in [7, 11) is 1.89. The van der Waals surface area contributed by atoms with Crippen LogP contribution >= 0.6 is 0 Å². The molecular formula is C7H14NO2-. The van der Waals surface area contributed by atoms with Crippen LogP contribution in [0.25, 0.3) is 0 Å². The number of carbonyl (C=O) groups excluding carboxylic acids is 1. The van der Waals surface area contributed by atoms with Crippen molar-refractivity contribution in [3.8, 4) is 0 Å². The van der Waals surface area contributed by atoms with E-state index in [1.807, 2.05) is 7.05 Å². The molecule has 0 aliphatic rings. The Kier molecular flexibility index (Phi) is 6.18. The zero-order valence-electron chi connectivity index (χ0n) is 6.35. The Labute approximate surface area is 61.4 Å². The molecule has 0 aliphatic heterocycles. The molecule has 0 spiro atoms. The first-order valence-electron chi connectivity index (χ1n) is 3.62. The topological polar surface area (TPSA) is 52.2 Å². The van der Waals surface area contributed by atoms with Crippen molar-refractivity contribution < 1.29 is 9.90 Å². The fourth-order valence-corrected chi connectivity index (χ4v) is 0.748. The van der Waals surface area contributed by atoms with Crippen LogP contribution in [0.2, 0.25) is 0 Å². The number of carbonyl (C=O) groups is 1. The number of hydrogen-bond acceptors (Lipinski definition) is 3. The number of carboxylic acids is 1. The van der Waals surface area contributed by atoms with Crippen LogP contribution < -0.4 is 10.4 Å². The third-order valence-corrected chi connectivity index (χ3v) is 1.31. The molecule has 0 aliphatic carbocycles. The van der Waals surface area contributed by atoms with Gasteiger partial charge in [0.1, 0.15) is 0 Å². The Hall–Kier alpha value is -0.570. The molecule has 1 N–H and O–H groups in total. The zero-order valence-corrected chi connectivity index (χ0v) is 6.35. The van der Waals surface area contributed by atoms with Crippen molar-refractivity contribution in [1.82, 2.24) is 5.32 Å². The van der Waals surface area contributed by atoms with Crippen LogP contribution in [0.3, 0.4) is 0 Å². The SMILES string of the molecule is CNCCCCCC(=O)[O-]. The zero-order chi connectivity index (χ0) is 7.82. The summed E-state index contributed by atoms with van der Waals surface area (Å²) in [6.45, 7) is 0.965. The second-order valence-electron chi connectivity index (χ2n) is 2.29. The van der Waals surface area contributed by atoms with Crippen LogP contribution in [-0.2, 0) is 4.79 Å². The summed E-state index contributed by atoms with van der Waals surface area (Å²) in [5.74, 6) is -0.940. The van der Waals surface area contributed by atoms with Crippen molar-refractivity contribution in [2.24, 2.45) is 0 Å². The van der Waals surface area contributed by atoms with Crippen LogP contribution in [0.15, 0.2) is 0 Å². The maximum Gasteiger partial charge on any atom is 0.0414 e. The molecule has 3 heteroatoms. The van der Waals surface area contributed by atoms with E-state index in [9.17, 15) is 9.90 Å². The third kappa shape index (κ3) is 7.43.